The van der Waals surface area contributed by atoms with E-state index in [-0.39, 0.29) is 5.91 Å². The maximum absolute atomic E-state index is 13.0. The number of nitrogens with zero attached hydrogens (tertiary/aromatic N) is 3. The van der Waals surface area contributed by atoms with E-state index in [1.165, 1.54) is 24.1 Å². The highest BCUT2D eigenvalue weighted by Gasteiger charge is 2.21. The van der Waals surface area contributed by atoms with Gasteiger partial charge in [-0.25, -0.2) is 4.98 Å². The van der Waals surface area contributed by atoms with Crippen molar-refractivity contribution in [1.29, 1.82) is 0 Å². The van der Waals surface area contributed by atoms with Crippen LogP contribution in [0.2, 0.25) is 5.02 Å². The second-order valence-corrected chi connectivity index (χ2v) is 9.29. The number of amides is 1. The van der Waals surface area contributed by atoms with Crippen LogP contribution in [-0.4, -0.2) is 28.4 Å². The van der Waals surface area contributed by atoms with E-state index in [2.05, 4.69) is 69.8 Å². The average molecular weight is 473 g/mol. The van der Waals surface area contributed by atoms with E-state index >= 15 is 0 Å². The molecule has 2 aromatic heterocycles. The highest BCUT2D eigenvalue weighted by Crippen LogP contribution is 2.30. The Morgan fingerprint density at radius 3 is 2.47 bits per heavy atom. The number of fused-ring (bicyclic) bond motifs is 1. The molecule has 0 radical (unpaired) electrons. The van der Waals surface area contributed by atoms with Crippen LogP contribution in [0.25, 0.3) is 5.65 Å². The smallest absolute Gasteiger partial charge is 0.270 e. The number of hydrogen-bond acceptors (Lipinski definition) is 3. The molecule has 4 aromatic rings. The lowest BCUT2D eigenvalue weighted by Gasteiger charge is -2.34. The van der Waals surface area contributed by atoms with Crippen LogP contribution < -0.4 is 10.2 Å². The van der Waals surface area contributed by atoms with Crippen molar-refractivity contribution in [2.24, 2.45) is 0 Å². The zero-order valence-electron chi connectivity index (χ0n) is 19.4. The Bertz CT molecular complexity index is 1280. The summed E-state index contributed by atoms with van der Waals surface area (Å²) in [7, 11) is 0. The number of hydrogen-bond donors (Lipinski definition) is 1. The van der Waals surface area contributed by atoms with Crippen molar-refractivity contribution in [3.05, 3.63) is 100 Å². The van der Waals surface area contributed by atoms with E-state index in [4.69, 9.17) is 11.6 Å². The summed E-state index contributed by atoms with van der Waals surface area (Å²) in [5, 5.41) is 3.63. The molecule has 5 nitrogen and oxygen atoms in total. The number of piperidine rings is 1. The topological polar surface area (TPSA) is 49.6 Å². The summed E-state index contributed by atoms with van der Waals surface area (Å²) in [5.41, 5.74) is 5.82. The number of carbonyl (C=O) groups is 1. The first-order valence-corrected chi connectivity index (χ1v) is 12.3. The molecule has 0 spiro atoms. The highest BCUT2D eigenvalue weighted by molar-refractivity contribution is 6.30. The Morgan fingerprint density at radius 1 is 1.03 bits per heavy atom. The van der Waals surface area contributed by atoms with Crippen LogP contribution in [0, 0.1) is 0 Å². The fourth-order valence-electron chi connectivity index (χ4n) is 4.84. The van der Waals surface area contributed by atoms with Crippen LogP contribution in [0.1, 0.15) is 53.0 Å². The third kappa shape index (κ3) is 4.66. The number of halogens is 1. The van der Waals surface area contributed by atoms with Gasteiger partial charge in [0.1, 0.15) is 11.3 Å². The Morgan fingerprint density at radius 2 is 1.76 bits per heavy atom. The van der Waals surface area contributed by atoms with Gasteiger partial charge in [0, 0.05) is 31.5 Å². The molecule has 1 amide bonds. The molecule has 2 aromatic carbocycles. The van der Waals surface area contributed by atoms with Gasteiger partial charge in [0.05, 0.1) is 10.7 Å². The minimum atomic E-state index is -0.140. The van der Waals surface area contributed by atoms with Crippen LogP contribution in [-0.2, 0) is 13.0 Å². The van der Waals surface area contributed by atoms with Gasteiger partial charge in [-0.1, -0.05) is 61.0 Å². The Hall–Kier alpha value is -3.31. The van der Waals surface area contributed by atoms with E-state index in [1.54, 1.807) is 16.7 Å². The van der Waals surface area contributed by atoms with Gasteiger partial charge >= 0.3 is 0 Å². The lowest BCUT2D eigenvalue weighted by atomic mass is 9.89. The van der Waals surface area contributed by atoms with E-state index < -0.39 is 0 Å². The standard InChI is InChI=1S/C28H29ClN4O/c1-2-25-27(33-19-23(29)10-13-26(33)31-25)28(34)30-18-20-8-11-24(12-9-20)32-16-14-22(15-17-32)21-6-4-3-5-7-21/h3-13,19,22H,2,14-18H2,1H3,(H,30,34). The predicted octanol–water partition coefficient (Wildman–Crippen LogP) is 5.86. The lowest BCUT2D eigenvalue weighted by Crippen LogP contribution is -2.32. The second kappa shape index (κ2) is 9.90. The SMILES string of the molecule is CCc1nc2ccc(Cl)cn2c1C(=O)NCc1ccc(N2CCC(c3ccccc3)CC2)cc1. The number of rotatable bonds is 6. The normalized spacial score (nSPS) is 14.5. The third-order valence-corrected chi connectivity index (χ3v) is 6.95. The van der Waals surface area contributed by atoms with Gasteiger partial charge in [-0.3, -0.25) is 9.20 Å². The van der Waals surface area contributed by atoms with Gasteiger partial charge in [0.15, 0.2) is 0 Å². The summed E-state index contributed by atoms with van der Waals surface area (Å²) in [6.07, 6.45) is 4.77. The van der Waals surface area contributed by atoms with Crippen molar-refractivity contribution in [2.45, 2.75) is 38.6 Å². The zero-order valence-corrected chi connectivity index (χ0v) is 20.1. The van der Waals surface area contributed by atoms with Crippen molar-refractivity contribution in [2.75, 3.05) is 18.0 Å². The first kappa shape index (κ1) is 22.5. The van der Waals surface area contributed by atoms with Gasteiger partial charge in [-0.05, 0) is 60.6 Å². The number of anilines is 1. The molecule has 1 N–H and O–H groups in total. The molecule has 0 unspecified atom stereocenters. The van der Waals surface area contributed by atoms with Crippen molar-refractivity contribution < 1.29 is 4.79 Å². The van der Waals surface area contributed by atoms with Gasteiger partial charge in [0.25, 0.3) is 5.91 Å². The molecule has 1 aliphatic rings. The molecule has 0 aliphatic carbocycles. The molecule has 0 bridgehead atoms. The maximum Gasteiger partial charge on any atom is 0.270 e. The summed E-state index contributed by atoms with van der Waals surface area (Å²) < 4.78 is 1.78. The monoisotopic (exact) mass is 472 g/mol. The van der Waals surface area contributed by atoms with Gasteiger partial charge in [-0.2, -0.15) is 0 Å². The number of pyridine rings is 1. The second-order valence-electron chi connectivity index (χ2n) is 8.86. The third-order valence-electron chi connectivity index (χ3n) is 6.73. The summed E-state index contributed by atoms with van der Waals surface area (Å²) >= 11 is 6.15. The lowest BCUT2D eigenvalue weighted by molar-refractivity contribution is 0.0944. The van der Waals surface area contributed by atoms with E-state index in [1.807, 2.05) is 13.0 Å². The molecule has 3 heterocycles. The minimum absolute atomic E-state index is 0.140. The molecule has 6 heteroatoms. The average Bonchev–Trinajstić information content (AvgIpc) is 3.26. The first-order chi connectivity index (χ1) is 16.6. The van der Waals surface area contributed by atoms with Crippen LogP contribution in [0.15, 0.2) is 72.9 Å². The summed E-state index contributed by atoms with van der Waals surface area (Å²) in [4.78, 5) is 20.1. The quantitative estimate of drug-likeness (QED) is 0.382. The number of aromatic nitrogens is 2. The minimum Gasteiger partial charge on any atom is -0.371 e. The molecule has 1 aliphatic heterocycles. The molecule has 1 saturated heterocycles. The molecule has 0 saturated carbocycles. The van der Waals surface area contributed by atoms with Crippen LogP contribution in [0.3, 0.4) is 0 Å². The Kier molecular flexibility index (Phi) is 6.54. The number of benzene rings is 2. The van der Waals surface area contributed by atoms with E-state index in [0.29, 0.717) is 29.6 Å². The molecule has 5 rings (SSSR count). The van der Waals surface area contributed by atoms with E-state index in [9.17, 15) is 4.79 Å². The summed E-state index contributed by atoms with van der Waals surface area (Å²) in [6.45, 7) is 4.59. The fourth-order valence-corrected chi connectivity index (χ4v) is 5.00. The Balaban J connectivity index is 1.21. The van der Waals surface area contributed by atoms with Gasteiger partial charge < -0.3 is 10.2 Å². The largest absolute Gasteiger partial charge is 0.371 e. The van der Waals surface area contributed by atoms with Gasteiger partial charge in [0.2, 0.25) is 0 Å². The number of carbonyl (C=O) groups excluding carboxylic acids is 1. The van der Waals surface area contributed by atoms with Crippen molar-refractivity contribution in [1.82, 2.24) is 14.7 Å². The Labute approximate surface area is 205 Å². The van der Waals surface area contributed by atoms with E-state index in [0.717, 1.165) is 30.0 Å². The summed E-state index contributed by atoms with van der Waals surface area (Å²) in [6, 6.07) is 23.0. The number of nitrogens with one attached hydrogen (secondary N) is 1. The molecule has 34 heavy (non-hydrogen) atoms. The highest BCUT2D eigenvalue weighted by atomic mass is 35.5. The first-order valence-electron chi connectivity index (χ1n) is 12.0. The predicted molar refractivity (Wildman–Crippen MR) is 138 cm³/mol. The van der Waals surface area contributed by atoms with Crippen LogP contribution >= 0.6 is 11.6 Å². The van der Waals surface area contributed by atoms with Gasteiger partial charge in [-0.15, -0.1) is 0 Å². The van der Waals surface area contributed by atoms with Crippen molar-refractivity contribution in [3.63, 3.8) is 0 Å². The molecular weight excluding hydrogens is 444 g/mol. The maximum atomic E-state index is 13.0. The molecule has 174 valence electrons. The zero-order chi connectivity index (χ0) is 23.5. The summed E-state index contributed by atoms with van der Waals surface area (Å²) in [5.74, 6) is 0.508. The molecule has 1 fully saturated rings. The van der Waals surface area contributed by atoms with Crippen LogP contribution in [0.4, 0.5) is 5.69 Å². The number of imidazole rings is 1. The fraction of sp³-hybridized carbons (Fsp3) is 0.286. The number of aryl methyl sites for hydroxylation is 1. The molecular formula is C28H29ClN4O. The molecule has 0 atom stereocenters. The van der Waals surface area contributed by atoms with Crippen molar-refractivity contribution >= 4 is 28.8 Å². The van der Waals surface area contributed by atoms with Crippen LogP contribution in [0.5, 0.6) is 0 Å². The van der Waals surface area contributed by atoms with Crippen molar-refractivity contribution in [3.8, 4) is 0 Å².